The number of nitrogens with one attached hydrogen (secondary N) is 1. The number of anilines is 1. The van der Waals surface area contributed by atoms with Gasteiger partial charge in [-0.3, -0.25) is 9.59 Å². The molecule has 6 nitrogen and oxygen atoms in total. The highest BCUT2D eigenvalue weighted by atomic mass is 35.5. The Labute approximate surface area is 190 Å². The first-order valence-corrected chi connectivity index (χ1v) is 11.8. The molecule has 2 amide bonds. The van der Waals surface area contributed by atoms with Gasteiger partial charge in [0.25, 0.3) is 0 Å². The fourth-order valence-electron chi connectivity index (χ4n) is 4.33. The molecule has 162 valence electrons. The van der Waals surface area contributed by atoms with Crippen LogP contribution < -0.4 is 14.8 Å². The molecule has 1 saturated heterocycles. The van der Waals surface area contributed by atoms with Crippen LogP contribution in [-0.4, -0.2) is 41.7 Å². The predicted octanol–water partition coefficient (Wildman–Crippen LogP) is 4.67. The zero-order valence-electron chi connectivity index (χ0n) is 16.9. The highest BCUT2D eigenvalue weighted by Crippen LogP contribution is 2.41. The van der Waals surface area contributed by atoms with Gasteiger partial charge in [0.2, 0.25) is 11.8 Å². The third-order valence-electron chi connectivity index (χ3n) is 5.85. The number of benzene rings is 2. The average molecular weight is 459 g/mol. The van der Waals surface area contributed by atoms with Crippen molar-refractivity contribution in [2.45, 2.75) is 41.9 Å². The fourth-order valence-corrected chi connectivity index (χ4v) is 5.59. The molecule has 0 aliphatic carbocycles. The first-order chi connectivity index (χ1) is 15.1. The van der Waals surface area contributed by atoms with E-state index in [-0.39, 0.29) is 24.3 Å². The minimum atomic E-state index is -0.453. The number of thioether (sulfide) groups is 1. The van der Waals surface area contributed by atoms with Gasteiger partial charge in [-0.05, 0) is 48.7 Å². The van der Waals surface area contributed by atoms with Gasteiger partial charge in [-0.25, -0.2) is 0 Å². The lowest BCUT2D eigenvalue weighted by Gasteiger charge is -2.29. The normalized spacial score (nSPS) is 22.5. The molecule has 0 radical (unpaired) electrons. The van der Waals surface area contributed by atoms with Crippen molar-refractivity contribution >= 4 is 40.9 Å². The minimum Gasteiger partial charge on any atom is -0.490 e. The molecule has 0 aromatic heterocycles. The van der Waals surface area contributed by atoms with E-state index < -0.39 is 5.25 Å². The summed E-state index contributed by atoms with van der Waals surface area (Å²) in [4.78, 5) is 28.6. The highest BCUT2D eigenvalue weighted by Gasteiger charge is 2.35. The topological polar surface area (TPSA) is 67.9 Å². The number of halogens is 1. The van der Waals surface area contributed by atoms with Gasteiger partial charge >= 0.3 is 0 Å². The molecule has 3 aliphatic heterocycles. The second-order valence-electron chi connectivity index (χ2n) is 7.94. The SMILES string of the molecule is O=C1Nc2cc(Cl)ccc2SC1CC(=O)N1CCCC1c1ccc2c(c1)OCCCO2. The molecule has 8 heteroatoms. The van der Waals surface area contributed by atoms with Gasteiger partial charge in [0.1, 0.15) is 0 Å². The molecule has 2 unspecified atom stereocenters. The van der Waals surface area contributed by atoms with E-state index in [0.717, 1.165) is 41.2 Å². The maximum atomic E-state index is 13.2. The molecule has 2 aromatic carbocycles. The molecule has 0 spiro atoms. The number of nitrogens with zero attached hydrogens (tertiary/aromatic N) is 1. The Balaban J connectivity index is 1.31. The zero-order chi connectivity index (χ0) is 21.4. The van der Waals surface area contributed by atoms with Crippen molar-refractivity contribution < 1.29 is 19.1 Å². The van der Waals surface area contributed by atoms with E-state index in [1.54, 1.807) is 12.1 Å². The molecule has 2 atom stereocenters. The second-order valence-corrected chi connectivity index (χ2v) is 9.62. The van der Waals surface area contributed by atoms with Crippen molar-refractivity contribution in [3.05, 3.63) is 47.0 Å². The van der Waals surface area contributed by atoms with Crippen molar-refractivity contribution in [1.29, 1.82) is 0 Å². The van der Waals surface area contributed by atoms with Gasteiger partial charge in [-0.1, -0.05) is 17.7 Å². The predicted molar refractivity (Wildman–Crippen MR) is 120 cm³/mol. The summed E-state index contributed by atoms with van der Waals surface area (Å²) in [5.74, 6) is 1.34. The molecule has 3 aliphatic rings. The summed E-state index contributed by atoms with van der Waals surface area (Å²) in [6.45, 7) is 1.98. The number of likely N-dealkylation sites (tertiary alicyclic amines) is 1. The van der Waals surface area contributed by atoms with Crippen molar-refractivity contribution in [1.82, 2.24) is 4.90 Å². The van der Waals surface area contributed by atoms with E-state index in [4.69, 9.17) is 21.1 Å². The number of amides is 2. The summed E-state index contributed by atoms with van der Waals surface area (Å²) < 4.78 is 11.6. The summed E-state index contributed by atoms with van der Waals surface area (Å²) in [6, 6.07) is 11.4. The van der Waals surface area contributed by atoms with Crippen LogP contribution in [0, 0.1) is 0 Å². The number of rotatable bonds is 3. The fraction of sp³-hybridized carbons (Fsp3) is 0.391. The maximum absolute atomic E-state index is 13.2. The monoisotopic (exact) mass is 458 g/mol. The largest absolute Gasteiger partial charge is 0.490 e. The summed E-state index contributed by atoms with van der Waals surface area (Å²) in [5, 5.41) is 3.01. The second kappa shape index (κ2) is 8.63. The van der Waals surface area contributed by atoms with E-state index in [1.807, 2.05) is 29.2 Å². The lowest BCUT2D eigenvalue weighted by molar-refractivity contribution is -0.133. The Morgan fingerprint density at radius 2 is 1.97 bits per heavy atom. The number of hydrogen-bond acceptors (Lipinski definition) is 5. The van der Waals surface area contributed by atoms with Gasteiger partial charge in [-0.2, -0.15) is 0 Å². The third-order valence-corrected chi connectivity index (χ3v) is 7.36. The number of fused-ring (bicyclic) bond motifs is 2. The van der Waals surface area contributed by atoms with Crippen LogP contribution in [0.2, 0.25) is 5.02 Å². The van der Waals surface area contributed by atoms with Crippen LogP contribution >= 0.6 is 23.4 Å². The third kappa shape index (κ3) is 4.21. The van der Waals surface area contributed by atoms with Crippen LogP contribution in [0.25, 0.3) is 0 Å². The van der Waals surface area contributed by atoms with Crippen LogP contribution in [-0.2, 0) is 9.59 Å². The molecule has 31 heavy (non-hydrogen) atoms. The molecular weight excluding hydrogens is 436 g/mol. The first-order valence-electron chi connectivity index (χ1n) is 10.5. The van der Waals surface area contributed by atoms with Crippen molar-refractivity contribution in [2.75, 3.05) is 25.1 Å². The van der Waals surface area contributed by atoms with Crippen LogP contribution in [0.3, 0.4) is 0 Å². The van der Waals surface area contributed by atoms with E-state index in [1.165, 1.54) is 11.8 Å². The summed E-state index contributed by atoms with van der Waals surface area (Å²) in [5.41, 5.74) is 1.76. The Morgan fingerprint density at radius 3 is 2.84 bits per heavy atom. The molecule has 0 saturated carbocycles. The van der Waals surface area contributed by atoms with Crippen molar-refractivity contribution in [3.63, 3.8) is 0 Å². The van der Waals surface area contributed by atoms with E-state index in [9.17, 15) is 9.59 Å². The lowest BCUT2D eigenvalue weighted by Crippen LogP contribution is -2.37. The Hall–Kier alpha value is -2.38. The summed E-state index contributed by atoms with van der Waals surface area (Å²) >= 11 is 7.44. The van der Waals surface area contributed by atoms with Crippen molar-refractivity contribution in [3.8, 4) is 11.5 Å². The molecule has 1 N–H and O–H groups in total. The molecule has 2 aromatic rings. The van der Waals surface area contributed by atoms with E-state index in [2.05, 4.69) is 5.32 Å². The van der Waals surface area contributed by atoms with Gasteiger partial charge in [0, 0.05) is 29.3 Å². The summed E-state index contributed by atoms with van der Waals surface area (Å²) in [7, 11) is 0. The molecular formula is C23H23ClN2O4S. The Morgan fingerprint density at radius 1 is 1.13 bits per heavy atom. The molecule has 0 bridgehead atoms. The van der Waals surface area contributed by atoms with Gasteiger partial charge < -0.3 is 19.7 Å². The van der Waals surface area contributed by atoms with Crippen LogP contribution in [0.15, 0.2) is 41.3 Å². The molecule has 5 rings (SSSR count). The van der Waals surface area contributed by atoms with E-state index >= 15 is 0 Å². The number of carbonyl (C=O) groups is 2. The van der Waals surface area contributed by atoms with Gasteiger partial charge in [0.05, 0.1) is 30.2 Å². The quantitative estimate of drug-likeness (QED) is 0.724. The molecule has 1 fully saturated rings. The van der Waals surface area contributed by atoms with Crippen LogP contribution in [0.4, 0.5) is 5.69 Å². The van der Waals surface area contributed by atoms with Crippen LogP contribution in [0.1, 0.15) is 37.3 Å². The highest BCUT2D eigenvalue weighted by molar-refractivity contribution is 8.01. The molecule has 3 heterocycles. The number of hydrogen-bond donors (Lipinski definition) is 1. The zero-order valence-corrected chi connectivity index (χ0v) is 18.5. The maximum Gasteiger partial charge on any atom is 0.238 e. The Kier molecular flexibility index (Phi) is 5.71. The minimum absolute atomic E-state index is 0.000301. The smallest absolute Gasteiger partial charge is 0.238 e. The van der Waals surface area contributed by atoms with E-state index in [0.29, 0.717) is 30.5 Å². The summed E-state index contributed by atoms with van der Waals surface area (Å²) in [6.07, 6.45) is 2.86. The first kappa shape index (κ1) is 20.5. The number of ether oxygens (including phenoxy) is 2. The van der Waals surface area contributed by atoms with Gasteiger partial charge in [-0.15, -0.1) is 11.8 Å². The lowest BCUT2D eigenvalue weighted by atomic mass is 10.0. The van der Waals surface area contributed by atoms with Crippen molar-refractivity contribution in [2.24, 2.45) is 0 Å². The van der Waals surface area contributed by atoms with Crippen LogP contribution in [0.5, 0.6) is 11.5 Å². The average Bonchev–Trinajstić information content (AvgIpc) is 3.13. The standard InChI is InChI=1S/C23H23ClN2O4S/c24-15-5-7-20-16(12-15)25-23(28)21(31-20)13-22(27)26-8-1-3-17(26)14-4-6-18-19(11-14)30-10-2-9-29-18/h4-7,11-12,17,21H,1-3,8-10,13H2,(H,25,28). The number of carbonyl (C=O) groups excluding carboxylic acids is 2. The van der Waals surface area contributed by atoms with Gasteiger partial charge in [0.15, 0.2) is 11.5 Å². The Bertz CT molecular complexity index is 1030.